The van der Waals surface area contributed by atoms with Gasteiger partial charge in [0.05, 0.1) is 23.6 Å². The molecule has 1 aromatic carbocycles. The van der Waals surface area contributed by atoms with Gasteiger partial charge in [0.2, 0.25) is 11.8 Å². The number of hydrogen-bond acceptors (Lipinski definition) is 4. The van der Waals surface area contributed by atoms with Crippen LogP contribution in [-0.2, 0) is 23.7 Å². The van der Waals surface area contributed by atoms with Crippen LogP contribution in [-0.4, -0.2) is 33.5 Å². The molecule has 0 bridgehead atoms. The van der Waals surface area contributed by atoms with Crippen molar-refractivity contribution in [1.29, 1.82) is 0 Å². The van der Waals surface area contributed by atoms with E-state index in [9.17, 15) is 14.4 Å². The Bertz CT molecular complexity index is 834. The molecule has 0 aliphatic rings. The molecular weight excluding hydrogens is 310 g/mol. The summed E-state index contributed by atoms with van der Waals surface area (Å²) in [6, 6.07) is 4.55. The van der Waals surface area contributed by atoms with Gasteiger partial charge in [-0.05, 0) is 24.1 Å². The molecule has 0 radical (unpaired) electrons. The number of nitrogens with two attached hydrogens (primary N) is 1. The van der Waals surface area contributed by atoms with E-state index in [1.807, 2.05) is 13.8 Å². The third-order valence-electron chi connectivity index (χ3n) is 4.00. The normalized spacial score (nSPS) is 12.4. The number of hydrogen-bond donors (Lipinski definition) is 3. The molecule has 0 aliphatic heterocycles. The Morgan fingerprint density at radius 1 is 1.17 bits per heavy atom. The second kappa shape index (κ2) is 6.88. The van der Waals surface area contributed by atoms with Gasteiger partial charge in [-0.3, -0.25) is 18.7 Å². The number of aryl methyl sites for hydroxylation is 2. The number of imidazole rings is 1. The van der Waals surface area contributed by atoms with Crippen LogP contribution in [0.1, 0.15) is 13.8 Å². The zero-order valence-corrected chi connectivity index (χ0v) is 14.3. The van der Waals surface area contributed by atoms with Crippen LogP contribution in [0.25, 0.3) is 11.0 Å². The molecule has 2 rings (SSSR count). The molecule has 4 N–H and O–H groups in total. The number of nitrogens with one attached hydrogen (secondary N) is 2. The van der Waals surface area contributed by atoms with Gasteiger partial charge in [-0.15, -0.1) is 0 Å². The van der Waals surface area contributed by atoms with Gasteiger partial charge >= 0.3 is 5.69 Å². The SMILES string of the molecule is CC(C)[C@H](N)C(=O)NCC(=O)Nc1ccc2c(c1)n(C)c(=O)n2C. The average Bonchev–Trinajstić information content (AvgIpc) is 2.76. The summed E-state index contributed by atoms with van der Waals surface area (Å²) < 4.78 is 3.04. The lowest BCUT2D eigenvalue weighted by Crippen LogP contribution is -2.46. The van der Waals surface area contributed by atoms with E-state index in [4.69, 9.17) is 5.73 Å². The molecule has 0 spiro atoms. The molecule has 8 nitrogen and oxygen atoms in total. The first kappa shape index (κ1) is 17.7. The Morgan fingerprint density at radius 3 is 2.42 bits per heavy atom. The highest BCUT2D eigenvalue weighted by Crippen LogP contribution is 2.17. The predicted molar refractivity (Wildman–Crippen MR) is 92.6 cm³/mol. The van der Waals surface area contributed by atoms with E-state index in [0.29, 0.717) is 11.2 Å². The second-order valence-electron chi connectivity index (χ2n) is 6.14. The first-order chi connectivity index (χ1) is 11.2. The first-order valence-electron chi connectivity index (χ1n) is 7.71. The standard InChI is InChI=1S/C16H23N5O3/c1-9(2)14(17)15(23)18-8-13(22)19-10-5-6-11-12(7-10)21(4)16(24)20(11)3/h5-7,9,14H,8,17H2,1-4H3,(H,18,23)(H,19,22)/t14-/m0/s1. The number of rotatable bonds is 5. The molecule has 0 fully saturated rings. The lowest BCUT2D eigenvalue weighted by atomic mass is 10.1. The van der Waals surface area contributed by atoms with Crippen molar-refractivity contribution in [2.75, 3.05) is 11.9 Å². The van der Waals surface area contributed by atoms with E-state index in [0.717, 1.165) is 5.52 Å². The van der Waals surface area contributed by atoms with Gasteiger partial charge in [0.15, 0.2) is 0 Å². The van der Waals surface area contributed by atoms with E-state index >= 15 is 0 Å². The van der Waals surface area contributed by atoms with Crippen LogP contribution in [0.15, 0.2) is 23.0 Å². The number of anilines is 1. The monoisotopic (exact) mass is 333 g/mol. The third kappa shape index (κ3) is 3.48. The summed E-state index contributed by atoms with van der Waals surface area (Å²) in [5.74, 6) is -0.726. The minimum Gasteiger partial charge on any atom is -0.346 e. The summed E-state index contributed by atoms with van der Waals surface area (Å²) in [4.78, 5) is 35.6. The van der Waals surface area contributed by atoms with Crippen molar-refractivity contribution in [3.63, 3.8) is 0 Å². The first-order valence-corrected chi connectivity index (χ1v) is 7.71. The van der Waals surface area contributed by atoms with Crippen molar-refractivity contribution >= 4 is 28.5 Å². The Kier molecular flexibility index (Phi) is 5.08. The van der Waals surface area contributed by atoms with Crippen molar-refractivity contribution in [1.82, 2.24) is 14.5 Å². The zero-order valence-electron chi connectivity index (χ0n) is 14.3. The lowest BCUT2D eigenvalue weighted by Gasteiger charge is -2.15. The van der Waals surface area contributed by atoms with Crippen molar-refractivity contribution < 1.29 is 9.59 Å². The number of benzene rings is 1. The Balaban J connectivity index is 2.05. The number of nitrogens with zero attached hydrogens (tertiary/aromatic N) is 2. The molecule has 0 saturated heterocycles. The van der Waals surface area contributed by atoms with Crippen molar-refractivity contribution in [2.24, 2.45) is 25.7 Å². The summed E-state index contributed by atoms with van der Waals surface area (Å²) in [6.07, 6.45) is 0. The maximum absolute atomic E-state index is 12.0. The predicted octanol–water partition coefficient (Wildman–Crippen LogP) is -0.0850. The van der Waals surface area contributed by atoms with Gasteiger partial charge in [0.25, 0.3) is 0 Å². The summed E-state index contributed by atoms with van der Waals surface area (Å²) in [7, 11) is 3.36. The van der Waals surface area contributed by atoms with Crippen molar-refractivity contribution in [3.8, 4) is 0 Å². The number of aromatic nitrogens is 2. The number of amides is 2. The smallest absolute Gasteiger partial charge is 0.328 e. The Hall–Kier alpha value is -2.61. The summed E-state index contributed by atoms with van der Waals surface area (Å²) in [6.45, 7) is 3.51. The fourth-order valence-corrected chi connectivity index (χ4v) is 2.38. The second-order valence-corrected chi connectivity index (χ2v) is 6.14. The molecule has 24 heavy (non-hydrogen) atoms. The number of fused-ring (bicyclic) bond motifs is 1. The highest BCUT2D eigenvalue weighted by molar-refractivity contribution is 5.96. The molecule has 2 amide bonds. The average molecular weight is 333 g/mol. The lowest BCUT2D eigenvalue weighted by molar-refractivity contribution is -0.125. The fourth-order valence-electron chi connectivity index (χ4n) is 2.38. The molecular formula is C16H23N5O3. The molecule has 130 valence electrons. The highest BCUT2D eigenvalue weighted by atomic mass is 16.2. The minimum atomic E-state index is -0.645. The molecule has 1 atom stereocenters. The fraction of sp³-hybridized carbons (Fsp3) is 0.438. The van der Waals surface area contributed by atoms with Crippen LogP contribution in [0, 0.1) is 5.92 Å². The molecule has 2 aromatic rings. The van der Waals surface area contributed by atoms with Gasteiger partial charge in [0.1, 0.15) is 0 Å². The van der Waals surface area contributed by atoms with E-state index in [1.165, 1.54) is 9.13 Å². The maximum atomic E-state index is 12.0. The third-order valence-corrected chi connectivity index (χ3v) is 4.00. The molecule has 0 aliphatic carbocycles. The van der Waals surface area contributed by atoms with E-state index < -0.39 is 6.04 Å². The van der Waals surface area contributed by atoms with Crippen LogP contribution in [0.2, 0.25) is 0 Å². The van der Waals surface area contributed by atoms with Gasteiger partial charge in [0, 0.05) is 19.8 Å². The summed E-state index contributed by atoms with van der Waals surface area (Å²) >= 11 is 0. The molecule has 1 aromatic heterocycles. The Morgan fingerprint density at radius 2 is 1.79 bits per heavy atom. The van der Waals surface area contributed by atoms with E-state index in [-0.39, 0.29) is 30.0 Å². The van der Waals surface area contributed by atoms with Gasteiger partial charge in [-0.2, -0.15) is 0 Å². The van der Waals surface area contributed by atoms with E-state index in [2.05, 4.69) is 10.6 Å². The van der Waals surface area contributed by atoms with Gasteiger partial charge in [-0.25, -0.2) is 4.79 Å². The molecule has 1 heterocycles. The summed E-state index contributed by atoms with van der Waals surface area (Å²) in [5.41, 5.74) is 7.62. The molecule has 0 saturated carbocycles. The topological polar surface area (TPSA) is 111 Å². The maximum Gasteiger partial charge on any atom is 0.328 e. The van der Waals surface area contributed by atoms with E-state index in [1.54, 1.807) is 32.3 Å². The van der Waals surface area contributed by atoms with Gasteiger partial charge in [-0.1, -0.05) is 13.8 Å². The van der Waals surface area contributed by atoms with Crippen LogP contribution >= 0.6 is 0 Å². The highest BCUT2D eigenvalue weighted by Gasteiger charge is 2.17. The summed E-state index contributed by atoms with van der Waals surface area (Å²) in [5, 5.41) is 5.20. The van der Waals surface area contributed by atoms with Crippen molar-refractivity contribution in [2.45, 2.75) is 19.9 Å². The minimum absolute atomic E-state index is 0.00478. The number of carbonyl (C=O) groups excluding carboxylic acids is 2. The quantitative estimate of drug-likeness (QED) is 0.710. The van der Waals surface area contributed by atoms with Crippen LogP contribution < -0.4 is 22.1 Å². The molecule has 0 unspecified atom stereocenters. The van der Waals surface area contributed by atoms with Crippen LogP contribution in [0.3, 0.4) is 0 Å². The largest absolute Gasteiger partial charge is 0.346 e. The molecule has 8 heteroatoms. The van der Waals surface area contributed by atoms with Crippen molar-refractivity contribution in [3.05, 3.63) is 28.7 Å². The number of carbonyl (C=O) groups is 2. The zero-order chi connectivity index (χ0) is 18.0. The van der Waals surface area contributed by atoms with Crippen LogP contribution in [0.4, 0.5) is 5.69 Å². The Labute approximate surface area is 139 Å². The van der Waals surface area contributed by atoms with Crippen LogP contribution in [0.5, 0.6) is 0 Å². The van der Waals surface area contributed by atoms with Gasteiger partial charge < -0.3 is 16.4 Å².